The maximum atomic E-state index is 13.7. The van der Waals surface area contributed by atoms with Gasteiger partial charge in [0.2, 0.25) is 0 Å². The highest BCUT2D eigenvalue weighted by Gasteiger charge is 2.75. The number of rotatable bonds is 3. The van der Waals surface area contributed by atoms with Crippen LogP contribution in [0.25, 0.3) is 0 Å². The molecule has 1 aliphatic heterocycles. The van der Waals surface area contributed by atoms with Gasteiger partial charge in [0.15, 0.2) is 23.5 Å². The number of aliphatic hydroxyl groups is 1. The Hall–Kier alpha value is -2.66. The Labute approximate surface area is 204 Å². The summed E-state index contributed by atoms with van der Waals surface area (Å²) < 4.78 is 13.0. The lowest BCUT2D eigenvalue weighted by atomic mass is 9.46. The summed E-state index contributed by atoms with van der Waals surface area (Å²) in [7, 11) is 0. The van der Waals surface area contributed by atoms with Gasteiger partial charge in [0.1, 0.15) is 0 Å². The first kappa shape index (κ1) is 22.8. The molecule has 0 aromatic carbocycles. The van der Waals surface area contributed by atoms with Crippen LogP contribution >= 0.6 is 0 Å². The molecule has 6 rings (SSSR count). The quantitative estimate of drug-likeness (QED) is 0.667. The zero-order valence-electron chi connectivity index (χ0n) is 20.0. The van der Waals surface area contributed by atoms with E-state index in [4.69, 9.17) is 9.47 Å². The van der Waals surface area contributed by atoms with Crippen molar-refractivity contribution >= 4 is 11.6 Å². The molecule has 0 amide bonds. The molecule has 0 bridgehead atoms. The van der Waals surface area contributed by atoms with Gasteiger partial charge in [-0.1, -0.05) is 37.6 Å². The molecule has 5 aliphatic rings. The molecular weight excluding hydrogens is 444 g/mol. The fourth-order valence-corrected chi connectivity index (χ4v) is 8.34. The molecule has 9 atom stereocenters. The minimum Gasteiger partial charge on any atom is -0.393 e. The first-order valence-corrected chi connectivity index (χ1v) is 12.5. The molecule has 7 heteroatoms. The van der Waals surface area contributed by atoms with Crippen LogP contribution in [0.3, 0.4) is 0 Å². The fourth-order valence-electron chi connectivity index (χ4n) is 8.34. The second-order valence-electron chi connectivity index (χ2n) is 11.3. The van der Waals surface area contributed by atoms with Gasteiger partial charge < -0.3 is 14.6 Å². The molecule has 7 nitrogen and oxygen atoms in total. The zero-order chi connectivity index (χ0) is 24.6. The monoisotopic (exact) mass is 474 g/mol. The van der Waals surface area contributed by atoms with Gasteiger partial charge in [-0.3, -0.25) is 14.6 Å². The number of ketones is 2. The summed E-state index contributed by atoms with van der Waals surface area (Å²) in [6, 6.07) is 5.68. The second kappa shape index (κ2) is 7.67. The van der Waals surface area contributed by atoms with Crippen molar-refractivity contribution in [2.45, 2.75) is 70.1 Å². The van der Waals surface area contributed by atoms with Gasteiger partial charge >= 0.3 is 0 Å². The van der Waals surface area contributed by atoms with Gasteiger partial charge in [0, 0.05) is 41.1 Å². The zero-order valence-corrected chi connectivity index (χ0v) is 20.0. The van der Waals surface area contributed by atoms with E-state index in [9.17, 15) is 20.0 Å². The average Bonchev–Trinajstić information content (AvgIpc) is 3.33. The molecule has 182 valence electrons. The van der Waals surface area contributed by atoms with E-state index in [0.717, 1.165) is 17.6 Å². The maximum absolute atomic E-state index is 13.7. The predicted molar refractivity (Wildman–Crippen MR) is 124 cm³/mol. The predicted octanol–water partition coefficient (Wildman–Crippen LogP) is 3.61. The number of nitriles is 1. The van der Waals surface area contributed by atoms with Crippen LogP contribution in [0, 0.1) is 39.9 Å². The molecule has 35 heavy (non-hydrogen) atoms. The Kier molecular flexibility index (Phi) is 4.99. The van der Waals surface area contributed by atoms with Crippen LogP contribution in [0.4, 0.5) is 0 Å². The molecule has 4 aliphatic carbocycles. The first-order valence-electron chi connectivity index (χ1n) is 12.5. The molecule has 0 spiro atoms. The molecule has 2 heterocycles. The van der Waals surface area contributed by atoms with Crippen LogP contribution in [0.1, 0.15) is 57.8 Å². The summed E-state index contributed by atoms with van der Waals surface area (Å²) in [6.07, 6.45) is 9.11. The van der Waals surface area contributed by atoms with Crippen molar-refractivity contribution in [1.82, 2.24) is 4.98 Å². The third-order valence-corrected chi connectivity index (χ3v) is 9.81. The number of fused-ring (bicyclic) bond motifs is 7. The van der Waals surface area contributed by atoms with Crippen LogP contribution in [0.15, 0.2) is 48.3 Å². The fraction of sp³-hybridized carbons (Fsp3) is 0.571. The maximum Gasteiger partial charge on any atom is 0.187 e. The van der Waals surface area contributed by atoms with E-state index < -0.39 is 29.5 Å². The number of Topliss-reactive ketones (excluding diaryl/α,β-unsaturated/α-hetero) is 1. The van der Waals surface area contributed by atoms with E-state index in [-0.39, 0.29) is 41.2 Å². The van der Waals surface area contributed by atoms with Crippen LogP contribution in [-0.2, 0) is 19.1 Å². The number of hydrogen-bond donors (Lipinski definition) is 1. The number of aromatic nitrogens is 1. The van der Waals surface area contributed by atoms with Crippen molar-refractivity contribution in [2.24, 2.45) is 28.6 Å². The number of allylic oxidation sites excluding steroid dienone is 4. The Morgan fingerprint density at radius 1 is 1.37 bits per heavy atom. The summed E-state index contributed by atoms with van der Waals surface area (Å²) >= 11 is 0. The minimum absolute atomic E-state index is 0.0546. The van der Waals surface area contributed by atoms with Crippen molar-refractivity contribution in [3.63, 3.8) is 0 Å². The van der Waals surface area contributed by atoms with Gasteiger partial charge in [0.25, 0.3) is 0 Å². The van der Waals surface area contributed by atoms with Crippen molar-refractivity contribution in [1.29, 1.82) is 5.26 Å². The molecular formula is C28H30N2O5. The first-order chi connectivity index (χ1) is 16.7. The number of aliphatic hydroxyl groups excluding tert-OH is 1. The number of carbonyl (C=O) groups is 2. The Balaban J connectivity index is 1.42. The molecule has 1 saturated heterocycles. The van der Waals surface area contributed by atoms with Crippen molar-refractivity contribution in [3.8, 4) is 6.07 Å². The third-order valence-electron chi connectivity index (χ3n) is 9.81. The van der Waals surface area contributed by atoms with Crippen molar-refractivity contribution in [2.75, 3.05) is 0 Å². The van der Waals surface area contributed by atoms with E-state index in [0.29, 0.717) is 19.3 Å². The highest BCUT2D eigenvalue weighted by Crippen LogP contribution is 2.70. The van der Waals surface area contributed by atoms with Crippen LogP contribution in [-0.4, -0.2) is 39.5 Å². The van der Waals surface area contributed by atoms with Crippen molar-refractivity contribution in [3.05, 3.63) is 53.9 Å². The smallest absolute Gasteiger partial charge is 0.187 e. The molecule has 1 N–H and O–H groups in total. The van der Waals surface area contributed by atoms with E-state index in [2.05, 4.69) is 18.0 Å². The number of ether oxygens (including phenoxy) is 2. The SMILES string of the molecule is C[C@]12C=CC(=O)CC1=CC[C@@H]1[C@@H]2[C@@H](O)C[C@@]2(C)[C@H]1C[C@H]1OC(c3cccnc3)O[C@]12C(=O)CC#N. The number of carbonyl (C=O) groups excluding carboxylic acids is 2. The normalized spacial score (nSPS) is 45.5. The number of hydrogen-bond acceptors (Lipinski definition) is 7. The lowest BCUT2D eigenvalue weighted by Crippen LogP contribution is -2.62. The Morgan fingerprint density at radius 3 is 2.94 bits per heavy atom. The van der Waals surface area contributed by atoms with Crippen molar-refractivity contribution < 1.29 is 24.2 Å². The number of pyridine rings is 1. The standard InChI is InChI=1S/C28H30N2O5/c1-26-9-7-18(31)12-17(26)5-6-19-20-13-23-28(22(33)8-10-29,27(20,2)14-21(32)24(19)26)35-25(34-23)16-4-3-11-30-15-16/h3-5,7,9,11,15,19-21,23-25,32H,6,8,12-14H2,1-2H3/t19-,20-,21-,23+,24+,25?,26-,27-,28+/m0/s1. The van der Waals surface area contributed by atoms with Gasteiger partial charge in [-0.15, -0.1) is 0 Å². The van der Waals surface area contributed by atoms with E-state index in [1.807, 2.05) is 25.1 Å². The molecule has 1 aromatic heterocycles. The topological polar surface area (TPSA) is 110 Å². The lowest BCUT2D eigenvalue weighted by Gasteiger charge is -2.59. The van der Waals surface area contributed by atoms with E-state index in [1.54, 1.807) is 24.5 Å². The summed E-state index contributed by atoms with van der Waals surface area (Å²) in [5, 5.41) is 21.1. The molecule has 2 saturated carbocycles. The summed E-state index contributed by atoms with van der Waals surface area (Å²) in [4.78, 5) is 30.0. The highest BCUT2D eigenvalue weighted by atomic mass is 16.7. The molecule has 1 aromatic rings. The average molecular weight is 475 g/mol. The highest BCUT2D eigenvalue weighted by molar-refractivity contribution is 5.93. The Bertz CT molecular complexity index is 1190. The van der Waals surface area contributed by atoms with Crippen LogP contribution in [0.5, 0.6) is 0 Å². The molecule has 1 unspecified atom stereocenters. The van der Waals surface area contributed by atoms with Gasteiger partial charge in [-0.25, -0.2) is 0 Å². The Morgan fingerprint density at radius 2 is 2.20 bits per heavy atom. The van der Waals surface area contributed by atoms with Crippen LogP contribution < -0.4 is 0 Å². The summed E-state index contributed by atoms with van der Waals surface area (Å²) in [5.74, 6) is -0.0488. The third kappa shape index (κ3) is 2.91. The van der Waals surface area contributed by atoms with Crippen LogP contribution in [0.2, 0.25) is 0 Å². The summed E-state index contributed by atoms with van der Waals surface area (Å²) in [6.45, 7) is 4.17. The van der Waals surface area contributed by atoms with E-state index in [1.165, 1.54) is 0 Å². The minimum atomic E-state index is -1.30. The van der Waals surface area contributed by atoms with Gasteiger partial charge in [-0.05, 0) is 43.2 Å². The molecule has 0 radical (unpaired) electrons. The largest absolute Gasteiger partial charge is 0.393 e. The second-order valence-corrected chi connectivity index (χ2v) is 11.3. The lowest BCUT2D eigenvalue weighted by molar-refractivity contribution is -0.197. The summed E-state index contributed by atoms with van der Waals surface area (Å²) in [5.41, 5.74) is -0.567. The van der Waals surface area contributed by atoms with Gasteiger partial charge in [-0.2, -0.15) is 5.26 Å². The van der Waals surface area contributed by atoms with Gasteiger partial charge in [0.05, 0.1) is 24.7 Å². The number of nitrogens with zero attached hydrogens (tertiary/aromatic N) is 2. The molecule has 3 fully saturated rings. The van der Waals surface area contributed by atoms with E-state index >= 15 is 0 Å².